The lowest BCUT2D eigenvalue weighted by molar-refractivity contribution is -0.153. The Morgan fingerprint density at radius 3 is 2.35 bits per heavy atom. The van der Waals surface area contributed by atoms with Crippen LogP contribution in [0.4, 0.5) is 0 Å². The number of carbonyl (C=O) groups is 2. The predicted molar refractivity (Wildman–Crippen MR) is 63.2 cm³/mol. The van der Waals surface area contributed by atoms with Gasteiger partial charge in [-0.15, -0.1) is 0 Å². The summed E-state index contributed by atoms with van der Waals surface area (Å²) in [5.74, 6) is 0.467. The second kappa shape index (κ2) is 4.41. The molecule has 3 unspecified atom stereocenters. The van der Waals surface area contributed by atoms with Crippen LogP contribution in [0, 0.1) is 11.8 Å². The van der Waals surface area contributed by atoms with E-state index in [0.717, 1.165) is 32.2 Å². The quantitative estimate of drug-likeness (QED) is 0.725. The minimum Gasteiger partial charge on any atom is -0.312 e. The van der Waals surface area contributed by atoms with Crippen molar-refractivity contribution in [3.63, 3.8) is 0 Å². The fraction of sp³-hybridized carbons (Fsp3) is 0.846. The van der Waals surface area contributed by atoms with Crippen LogP contribution in [0.1, 0.15) is 38.5 Å². The lowest BCUT2D eigenvalue weighted by Crippen LogP contribution is -2.52. The molecule has 3 aliphatic rings. The highest BCUT2D eigenvalue weighted by atomic mass is 16.2. The predicted octanol–water partition coefficient (Wildman–Crippen LogP) is 0.914. The zero-order valence-corrected chi connectivity index (χ0v) is 10.2. The van der Waals surface area contributed by atoms with Gasteiger partial charge in [-0.25, -0.2) is 0 Å². The summed E-state index contributed by atoms with van der Waals surface area (Å²) in [5.41, 5.74) is 0. The van der Waals surface area contributed by atoms with Crippen LogP contribution in [0.5, 0.6) is 0 Å². The minimum absolute atomic E-state index is 0.0936. The number of hydrogen-bond acceptors (Lipinski definition) is 3. The summed E-state index contributed by atoms with van der Waals surface area (Å²) in [5, 5.41) is 3.41. The molecule has 0 radical (unpaired) electrons. The molecule has 3 rings (SSSR count). The molecule has 4 nitrogen and oxygen atoms in total. The van der Waals surface area contributed by atoms with Gasteiger partial charge in [-0.2, -0.15) is 0 Å². The highest BCUT2D eigenvalue weighted by Gasteiger charge is 2.45. The summed E-state index contributed by atoms with van der Waals surface area (Å²) in [7, 11) is 0. The van der Waals surface area contributed by atoms with Crippen molar-refractivity contribution in [3.8, 4) is 0 Å². The van der Waals surface area contributed by atoms with Crippen molar-refractivity contribution in [1.29, 1.82) is 0 Å². The Bertz CT molecular complexity index is 314. The fourth-order valence-electron chi connectivity index (χ4n) is 3.46. The lowest BCUT2D eigenvalue weighted by atomic mass is 9.95. The first-order valence-electron chi connectivity index (χ1n) is 6.84. The third kappa shape index (κ3) is 1.99. The van der Waals surface area contributed by atoms with Crippen LogP contribution in [0.25, 0.3) is 0 Å². The van der Waals surface area contributed by atoms with Crippen molar-refractivity contribution in [2.75, 3.05) is 13.1 Å². The van der Waals surface area contributed by atoms with Crippen molar-refractivity contribution >= 4 is 11.8 Å². The van der Waals surface area contributed by atoms with Gasteiger partial charge in [0.1, 0.15) is 0 Å². The molecule has 17 heavy (non-hydrogen) atoms. The van der Waals surface area contributed by atoms with Gasteiger partial charge in [0.25, 0.3) is 0 Å². The molecule has 0 spiro atoms. The van der Waals surface area contributed by atoms with Gasteiger partial charge in [-0.1, -0.05) is 6.42 Å². The van der Waals surface area contributed by atoms with Crippen LogP contribution in [-0.4, -0.2) is 35.8 Å². The number of amides is 2. The van der Waals surface area contributed by atoms with Gasteiger partial charge in [-0.3, -0.25) is 14.5 Å². The number of fused-ring (bicyclic) bond motifs is 2. The first-order chi connectivity index (χ1) is 8.25. The number of imide groups is 1. The van der Waals surface area contributed by atoms with E-state index < -0.39 is 0 Å². The van der Waals surface area contributed by atoms with Crippen molar-refractivity contribution in [2.24, 2.45) is 11.8 Å². The van der Waals surface area contributed by atoms with Crippen molar-refractivity contribution in [2.45, 2.75) is 44.6 Å². The maximum absolute atomic E-state index is 12.1. The standard InChI is InChI=1S/C13H20N2O2/c16-12-9-4-5-10(7-9)13(17)15(12)8-11-3-1-2-6-14-11/h9-11,14H,1-8H2. The number of carbonyl (C=O) groups excluding carboxylic acids is 2. The maximum atomic E-state index is 12.1. The molecule has 1 saturated carbocycles. The summed E-state index contributed by atoms with van der Waals surface area (Å²) in [6.45, 7) is 1.62. The van der Waals surface area contributed by atoms with E-state index >= 15 is 0 Å². The second-order valence-electron chi connectivity index (χ2n) is 5.64. The molecule has 1 aliphatic carbocycles. The number of rotatable bonds is 2. The highest BCUT2D eigenvalue weighted by molar-refractivity contribution is 6.00. The van der Waals surface area contributed by atoms with Gasteiger partial charge in [0.05, 0.1) is 0 Å². The highest BCUT2D eigenvalue weighted by Crippen LogP contribution is 2.38. The molecule has 0 aromatic rings. The van der Waals surface area contributed by atoms with Crippen LogP contribution >= 0.6 is 0 Å². The monoisotopic (exact) mass is 236 g/mol. The smallest absolute Gasteiger partial charge is 0.232 e. The van der Waals surface area contributed by atoms with Crippen LogP contribution in [0.2, 0.25) is 0 Å². The van der Waals surface area contributed by atoms with E-state index in [-0.39, 0.29) is 23.7 Å². The largest absolute Gasteiger partial charge is 0.312 e. The van der Waals surface area contributed by atoms with E-state index in [4.69, 9.17) is 0 Å². The molecule has 3 atom stereocenters. The van der Waals surface area contributed by atoms with Gasteiger partial charge >= 0.3 is 0 Å². The normalized spacial score (nSPS) is 37.6. The van der Waals surface area contributed by atoms with Crippen molar-refractivity contribution in [1.82, 2.24) is 10.2 Å². The Morgan fingerprint density at radius 2 is 1.76 bits per heavy atom. The molecule has 2 saturated heterocycles. The van der Waals surface area contributed by atoms with Gasteiger partial charge in [0, 0.05) is 24.4 Å². The Morgan fingerprint density at radius 1 is 1.06 bits per heavy atom. The number of nitrogens with zero attached hydrogens (tertiary/aromatic N) is 1. The fourth-order valence-corrected chi connectivity index (χ4v) is 3.46. The maximum Gasteiger partial charge on any atom is 0.232 e. The lowest BCUT2D eigenvalue weighted by Gasteiger charge is -2.34. The second-order valence-corrected chi connectivity index (χ2v) is 5.64. The average Bonchev–Trinajstić information content (AvgIpc) is 2.81. The number of hydrogen-bond donors (Lipinski definition) is 1. The molecule has 4 heteroatoms. The van der Waals surface area contributed by atoms with E-state index in [1.165, 1.54) is 12.8 Å². The number of piperidine rings is 2. The zero-order chi connectivity index (χ0) is 11.8. The molecular weight excluding hydrogens is 216 g/mol. The molecule has 3 fully saturated rings. The van der Waals surface area contributed by atoms with Gasteiger partial charge in [-0.05, 0) is 38.6 Å². The molecule has 94 valence electrons. The first-order valence-corrected chi connectivity index (χ1v) is 6.84. The van der Waals surface area contributed by atoms with E-state index in [0.29, 0.717) is 12.6 Å². The van der Waals surface area contributed by atoms with Crippen LogP contribution in [0.15, 0.2) is 0 Å². The SMILES string of the molecule is O=C1C2CCC(C2)C(=O)N1CC1CCCCN1. The molecule has 0 aromatic carbocycles. The first kappa shape index (κ1) is 11.2. The van der Waals surface area contributed by atoms with E-state index in [1.807, 2.05) is 0 Å². The molecular formula is C13H20N2O2. The molecule has 2 amide bonds. The number of likely N-dealkylation sites (tertiary alicyclic amines) is 1. The van der Waals surface area contributed by atoms with Crippen LogP contribution in [-0.2, 0) is 9.59 Å². The van der Waals surface area contributed by atoms with Gasteiger partial charge in [0.2, 0.25) is 11.8 Å². The Kier molecular flexibility index (Phi) is 2.90. The summed E-state index contributed by atoms with van der Waals surface area (Å²) in [4.78, 5) is 25.8. The Balaban J connectivity index is 1.68. The minimum atomic E-state index is 0.0936. The van der Waals surface area contributed by atoms with Crippen molar-refractivity contribution in [3.05, 3.63) is 0 Å². The molecule has 0 aromatic heterocycles. The Hall–Kier alpha value is -0.900. The Labute approximate surface area is 102 Å². The van der Waals surface area contributed by atoms with E-state index in [9.17, 15) is 9.59 Å². The average molecular weight is 236 g/mol. The zero-order valence-electron chi connectivity index (χ0n) is 10.2. The molecule has 2 heterocycles. The van der Waals surface area contributed by atoms with Gasteiger partial charge < -0.3 is 5.32 Å². The van der Waals surface area contributed by atoms with Crippen LogP contribution < -0.4 is 5.32 Å². The summed E-state index contributed by atoms with van der Waals surface area (Å²) in [6, 6.07) is 0.328. The molecule has 2 bridgehead atoms. The van der Waals surface area contributed by atoms with E-state index in [1.54, 1.807) is 4.90 Å². The van der Waals surface area contributed by atoms with Crippen molar-refractivity contribution < 1.29 is 9.59 Å². The van der Waals surface area contributed by atoms with Gasteiger partial charge in [0.15, 0.2) is 0 Å². The number of nitrogens with one attached hydrogen (secondary N) is 1. The third-order valence-corrected chi connectivity index (χ3v) is 4.48. The summed E-state index contributed by atoms with van der Waals surface area (Å²) >= 11 is 0. The van der Waals surface area contributed by atoms with Crippen LogP contribution in [0.3, 0.4) is 0 Å². The topological polar surface area (TPSA) is 49.4 Å². The summed E-state index contributed by atoms with van der Waals surface area (Å²) < 4.78 is 0. The third-order valence-electron chi connectivity index (χ3n) is 4.48. The molecule has 2 aliphatic heterocycles. The summed E-state index contributed by atoms with van der Waals surface area (Å²) in [6.07, 6.45) is 6.16. The molecule has 1 N–H and O–H groups in total. The van der Waals surface area contributed by atoms with E-state index in [2.05, 4.69) is 5.32 Å².